The van der Waals surface area contributed by atoms with Gasteiger partial charge in [-0.2, -0.15) is 12.6 Å². The molecule has 0 N–H and O–H groups in total. The summed E-state index contributed by atoms with van der Waals surface area (Å²) >= 11 is 4.26. The average molecular weight is 220 g/mol. The Morgan fingerprint density at radius 1 is 1.21 bits per heavy atom. The van der Waals surface area contributed by atoms with E-state index < -0.39 is 0 Å². The molecule has 0 spiro atoms. The van der Waals surface area contributed by atoms with Gasteiger partial charge in [0.15, 0.2) is 0 Å². The summed E-state index contributed by atoms with van der Waals surface area (Å²) < 4.78 is 11.0. The highest BCUT2D eigenvalue weighted by molar-refractivity contribution is 7.80. The zero-order valence-electron chi connectivity index (χ0n) is 9.88. The Morgan fingerprint density at radius 3 is 2.29 bits per heavy atom. The second-order valence-corrected chi connectivity index (χ2v) is 4.86. The highest BCUT2D eigenvalue weighted by atomic mass is 32.1. The molecule has 14 heavy (non-hydrogen) atoms. The Hall–Kier alpha value is 0.270. The van der Waals surface area contributed by atoms with Crippen molar-refractivity contribution in [3.8, 4) is 0 Å². The Labute approximate surface area is 93.8 Å². The van der Waals surface area contributed by atoms with Gasteiger partial charge in [-0.15, -0.1) is 0 Å². The minimum atomic E-state index is -0.0585. The molecular formula is C11H24O2S. The van der Waals surface area contributed by atoms with E-state index in [2.05, 4.69) is 40.3 Å². The molecule has 0 aliphatic carbocycles. The number of thiol groups is 1. The van der Waals surface area contributed by atoms with Crippen molar-refractivity contribution >= 4 is 12.6 Å². The maximum Gasteiger partial charge on any atom is 0.0707 e. The zero-order valence-corrected chi connectivity index (χ0v) is 10.8. The van der Waals surface area contributed by atoms with Gasteiger partial charge in [0.1, 0.15) is 0 Å². The highest BCUT2D eigenvalue weighted by Gasteiger charge is 2.09. The Bertz CT molecular complexity index is 128. The van der Waals surface area contributed by atoms with E-state index in [1.54, 1.807) is 0 Å². The lowest BCUT2D eigenvalue weighted by molar-refractivity contribution is -0.0384. The van der Waals surface area contributed by atoms with Crippen LogP contribution >= 0.6 is 12.6 Å². The molecule has 86 valence electrons. The molecule has 0 aromatic rings. The molecule has 0 aromatic carbocycles. The summed E-state index contributed by atoms with van der Waals surface area (Å²) in [4.78, 5) is 0. The van der Waals surface area contributed by atoms with Crippen molar-refractivity contribution in [2.45, 2.75) is 39.7 Å². The minimum Gasteiger partial charge on any atom is -0.379 e. The molecule has 2 nitrogen and oxygen atoms in total. The normalized spacial score (nSPS) is 14.4. The Morgan fingerprint density at radius 2 is 1.86 bits per heavy atom. The summed E-state index contributed by atoms with van der Waals surface area (Å²) in [5.74, 6) is 1.48. The summed E-state index contributed by atoms with van der Waals surface area (Å²) in [7, 11) is 0. The molecule has 1 unspecified atom stereocenters. The van der Waals surface area contributed by atoms with Crippen LogP contribution in [0.25, 0.3) is 0 Å². The number of hydrogen-bond donors (Lipinski definition) is 1. The van der Waals surface area contributed by atoms with Gasteiger partial charge in [-0.25, -0.2) is 0 Å². The molecule has 0 heterocycles. The van der Waals surface area contributed by atoms with Gasteiger partial charge in [0.25, 0.3) is 0 Å². The van der Waals surface area contributed by atoms with Crippen molar-refractivity contribution in [3.63, 3.8) is 0 Å². The topological polar surface area (TPSA) is 18.5 Å². The molecule has 0 fully saturated rings. The van der Waals surface area contributed by atoms with Crippen molar-refractivity contribution in [1.29, 1.82) is 0 Å². The van der Waals surface area contributed by atoms with E-state index in [-0.39, 0.29) is 5.60 Å². The molecule has 0 aliphatic heterocycles. The largest absolute Gasteiger partial charge is 0.379 e. The van der Waals surface area contributed by atoms with Crippen LogP contribution in [0.15, 0.2) is 0 Å². The predicted octanol–water partition coefficient (Wildman–Crippen LogP) is 2.77. The van der Waals surface area contributed by atoms with Crippen molar-refractivity contribution in [1.82, 2.24) is 0 Å². The van der Waals surface area contributed by atoms with Crippen molar-refractivity contribution in [2.24, 2.45) is 5.92 Å². The fourth-order valence-corrected chi connectivity index (χ4v) is 1.32. The third kappa shape index (κ3) is 8.85. The molecule has 0 amide bonds. The first-order valence-electron chi connectivity index (χ1n) is 5.32. The predicted molar refractivity (Wildman–Crippen MR) is 64.2 cm³/mol. The fourth-order valence-electron chi connectivity index (χ4n) is 0.956. The summed E-state index contributed by atoms with van der Waals surface area (Å²) in [6.07, 6.45) is 1.13. The summed E-state index contributed by atoms with van der Waals surface area (Å²) in [5.41, 5.74) is -0.0585. The lowest BCUT2D eigenvalue weighted by Gasteiger charge is -2.20. The van der Waals surface area contributed by atoms with E-state index in [4.69, 9.17) is 9.47 Å². The Kier molecular flexibility index (Phi) is 7.69. The Balaban J connectivity index is 3.29. The van der Waals surface area contributed by atoms with Crippen LogP contribution in [0.3, 0.4) is 0 Å². The lowest BCUT2D eigenvalue weighted by Crippen LogP contribution is -2.22. The highest BCUT2D eigenvalue weighted by Crippen LogP contribution is 2.07. The molecule has 0 saturated heterocycles. The minimum absolute atomic E-state index is 0.0585. The average Bonchev–Trinajstić information content (AvgIpc) is 2.09. The van der Waals surface area contributed by atoms with Crippen molar-refractivity contribution in [3.05, 3.63) is 0 Å². The van der Waals surface area contributed by atoms with Gasteiger partial charge in [0.05, 0.1) is 25.4 Å². The molecule has 0 rings (SSSR count). The molecule has 0 saturated carbocycles. The van der Waals surface area contributed by atoms with Gasteiger partial charge >= 0.3 is 0 Å². The van der Waals surface area contributed by atoms with Crippen LogP contribution in [0.5, 0.6) is 0 Å². The molecular weight excluding hydrogens is 196 g/mol. The third-order valence-corrected chi connectivity index (χ3v) is 2.47. The van der Waals surface area contributed by atoms with Crippen LogP contribution in [0.4, 0.5) is 0 Å². The maximum atomic E-state index is 5.53. The fraction of sp³-hybridized carbons (Fsp3) is 1.00. The summed E-state index contributed by atoms with van der Waals surface area (Å²) in [6.45, 7) is 10.5. The quantitative estimate of drug-likeness (QED) is 0.525. The van der Waals surface area contributed by atoms with Crippen LogP contribution < -0.4 is 0 Å². The van der Waals surface area contributed by atoms with Crippen LogP contribution in [0, 0.1) is 5.92 Å². The first-order chi connectivity index (χ1) is 6.49. The van der Waals surface area contributed by atoms with E-state index in [1.807, 2.05) is 0 Å². The van der Waals surface area contributed by atoms with Crippen LogP contribution in [0.1, 0.15) is 34.1 Å². The van der Waals surface area contributed by atoms with E-state index in [1.165, 1.54) is 0 Å². The van der Waals surface area contributed by atoms with E-state index in [0.29, 0.717) is 19.1 Å². The third-order valence-electron chi connectivity index (χ3n) is 1.95. The first kappa shape index (κ1) is 14.3. The van der Waals surface area contributed by atoms with Gasteiger partial charge in [-0.1, -0.05) is 13.3 Å². The van der Waals surface area contributed by atoms with E-state index in [0.717, 1.165) is 18.8 Å². The standard InChI is InChI=1S/C11H24O2S/c1-5-10(9-14)8-12-6-7-13-11(2,3)4/h10,14H,5-9H2,1-4H3. The van der Waals surface area contributed by atoms with Crippen LogP contribution in [-0.4, -0.2) is 31.2 Å². The number of ether oxygens (including phenoxy) is 2. The van der Waals surface area contributed by atoms with Gasteiger partial charge in [-0.05, 0) is 32.4 Å². The number of rotatable bonds is 7. The molecule has 0 bridgehead atoms. The van der Waals surface area contributed by atoms with Gasteiger partial charge < -0.3 is 9.47 Å². The summed E-state index contributed by atoms with van der Waals surface area (Å²) in [6, 6.07) is 0. The van der Waals surface area contributed by atoms with Gasteiger partial charge in [0, 0.05) is 0 Å². The molecule has 1 atom stereocenters. The maximum absolute atomic E-state index is 5.53. The molecule has 3 heteroatoms. The van der Waals surface area contributed by atoms with E-state index in [9.17, 15) is 0 Å². The SMILES string of the molecule is CCC(CS)COCCOC(C)(C)C. The van der Waals surface area contributed by atoms with Crippen LogP contribution in [0.2, 0.25) is 0 Å². The molecule has 0 radical (unpaired) electrons. The monoisotopic (exact) mass is 220 g/mol. The number of hydrogen-bond acceptors (Lipinski definition) is 3. The molecule has 0 aromatic heterocycles. The van der Waals surface area contributed by atoms with Crippen molar-refractivity contribution in [2.75, 3.05) is 25.6 Å². The van der Waals surface area contributed by atoms with E-state index >= 15 is 0 Å². The second kappa shape index (κ2) is 7.55. The zero-order chi connectivity index (χ0) is 11.0. The van der Waals surface area contributed by atoms with Crippen LogP contribution in [-0.2, 0) is 9.47 Å². The lowest BCUT2D eigenvalue weighted by atomic mass is 10.1. The van der Waals surface area contributed by atoms with Gasteiger partial charge in [0.2, 0.25) is 0 Å². The smallest absolute Gasteiger partial charge is 0.0707 e. The molecule has 0 aliphatic rings. The summed E-state index contributed by atoms with van der Waals surface area (Å²) in [5, 5.41) is 0. The van der Waals surface area contributed by atoms with Gasteiger partial charge in [-0.3, -0.25) is 0 Å². The second-order valence-electron chi connectivity index (χ2n) is 4.49. The van der Waals surface area contributed by atoms with Crippen molar-refractivity contribution < 1.29 is 9.47 Å². The first-order valence-corrected chi connectivity index (χ1v) is 5.95.